The van der Waals surface area contributed by atoms with E-state index in [-0.39, 0.29) is 42.9 Å². The second kappa shape index (κ2) is 13.1. The van der Waals surface area contributed by atoms with Crippen LogP contribution >= 0.6 is 23.3 Å². The van der Waals surface area contributed by atoms with Gasteiger partial charge in [-0.1, -0.05) is 36.4 Å². The molecule has 0 aliphatic carbocycles. The van der Waals surface area contributed by atoms with Gasteiger partial charge < -0.3 is 15.0 Å². The highest BCUT2D eigenvalue weighted by Gasteiger charge is 2.21. The van der Waals surface area contributed by atoms with Crippen LogP contribution in [-0.4, -0.2) is 43.1 Å². The molecular weight excluding hydrogens is 510 g/mol. The van der Waals surface area contributed by atoms with E-state index in [4.69, 9.17) is 4.74 Å². The quantitative estimate of drug-likeness (QED) is 0.266. The van der Waals surface area contributed by atoms with Gasteiger partial charge in [-0.25, -0.2) is 4.79 Å². The molecule has 194 valence electrons. The number of hydrogen-bond donors (Lipinski definition) is 1. The minimum Gasteiger partial charge on any atom is -0.462 e. The van der Waals surface area contributed by atoms with Crippen LogP contribution in [0.2, 0.25) is 0 Å². The van der Waals surface area contributed by atoms with Crippen molar-refractivity contribution in [2.45, 2.75) is 27.2 Å². The Labute approximate surface area is 224 Å². The number of anilines is 3. The molecule has 0 aliphatic rings. The van der Waals surface area contributed by atoms with Crippen LogP contribution in [-0.2, 0) is 19.1 Å². The monoisotopic (exact) mass is 539 g/mol. The summed E-state index contributed by atoms with van der Waals surface area (Å²) in [6, 6.07) is 18.3. The molecule has 1 heterocycles. The molecule has 10 heteroatoms. The summed E-state index contributed by atoms with van der Waals surface area (Å²) in [5, 5.41) is 3.22. The number of thiophene rings is 1. The lowest BCUT2D eigenvalue weighted by molar-refractivity contribution is -0.117. The second-order valence-electron chi connectivity index (χ2n) is 7.92. The van der Waals surface area contributed by atoms with Crippen LogP contribution in [0, 0.1) is 0 Å². The molecule has 0 saturated carbocycles. The fourth-order valence-electron chi connectivity index (χ4n) is 3.66. The minimum absolute atomic E-state index is 0.00357. The van der Waals surface area contributed by atoms with E-state index in [0.29, 0.717) is 16.4 Å². The lowest BCUT2D eigenvalue weighted by Crippen LogP contribution is -2.32. The van der Waals surface area contributed by atoms with Crippen molar-refractivity contribution in [2.24, 2.45) is 0 Å². The maximum absolute atomic E-state index is 12.9. The molecule has 3 amide bonds. The number of esters is 1. The summed E-state index contributed by atoms with van der Waals surface area (Å²) in [4.78, 5) is 52.1. The number of nitrogens with zero attached hydrogens (tertiary/aromatic N) is 2. The average Bonchev–Trinajstić information content (AvgIpc) is 3.29. The minimum atomic E-state index is -0.512. The zero-order chi connectivity index (χ0) is 26.9. The summed E-state index contributed by atoms with van der Waals surface area (Å²) in [6.07, 6.45) is 1.79. The smallest absolute Gasteiger partial charge is 0.341 e. The van der Waals surface area contributed by atoms with E-state index in [1.165, 1.54) is 46.3 Å². The highest BCUT2D eigenvalue weighted by Crippen LogP contribution is 2.36. The fraction of sp³-hybridized carbons (Fsp3) is 0.259. The number of carbonyl (C=O) groups excluding carboxylic acids is 4. The van der Waals surface area contributed by atoms with Crippen molar-refractivity contribution >= 4 is 63.4 Å². The molecule has 1 N–H and O–H groups in total. The molecule has 0 radical (unpaired) electrons. The molecule has 0 saturated heterocycles. The molecule has 0 spiro atoms. The average molecular weight is 540 g/mol. The molecule has 0 unspecified atom stereocenters. The summed E-state index contributed by atoms with van der Waals surface area (Å²) < 4.78 is 6.70. The normalized spacial score (nSPS) is 10.5. The largest absolute Gasteiger partial charge is 0.462 e. The highest BCUT2D eigenvalue weighted by atomic mass is 32.2. The Kier molecular flexibility index (Phi) is 9.87. The Morgan fingerprint density at radius 2 is 1.65 bits per heavy atom. The van der Waals surface area contributed by atoms with Crippen molar-refractivity contribution in [3.63, 3.8) is 0 Å². The molecule has 1 aromatic heterocycles. The Balaban J connectivity index is 1.77. The maximum atomic E-state index is 12.9. The van der Waals surface area contributed by atoms with Gasteiger partial charge in [0, 0.05) is 43.6 Å². The summed E-state index contributed by atoms with van der Waals surface area (Å²) in [5.41, 5.74) is 2.43. The maximum Gasteiger partial charge on any atom is 0.341 e. The molecule has 0 bridgehead atoms. The van der Waals surface area contributed by atoms with Gasteiger partial charge in [-0.3, -0.25) is 18.7 Å². The van der Waals surface area contributed by atoms with Gasteiger partial charge in [-0.05, 0) is 48.7 Å². The van der Waals surface area contributed by atoms with Crippen molar-refractivity contribution in [1.82, 2.24) is 0 Å². The van der Waals surface area contributed by atoms with Crippen molar-refractivity contribution in [2.75, 3.05) is 33.9 Å². The Morgan fingerprint density at radius 3 is 2.27 bits per heavy atom. The van der Waals surface area contributed by atoms with E-state index in [9.17, 15) is 19.2 Å². The van der Waals surface area contributed by atoms with Crippen LogP contribution in [0.4, 0.5) is 16.4 Å². The lowest BCUT2D eigenvalue weighted by Gasteiger charge is -2.24. The van der Waals surface area contributed by atoms with Crippen LogP contribution in [0.15, 0.2) is 60.7 Å². The molecular formula is C27H29N3O5S2. The molecule has 0 atom stereocenters. The zero-order valence-corrected chi connectivity index (χ0v) is 22.8. The van der Waals surface area contributed by atoms with Crippen LogP contribution in [0.3, 0.4) is 0 Å². The zero-order valence-electron chi connectivity index (χ0n) is 21.1. The summed E-state index contributed by atoms with van der Waals surface area (Å²) in [7, 11) is 0. The first-order chi connectivity index (χ1) is 17.7. The lowest BCUT2D eigenvalue weighted by atomic mass is 10.1. The van der Waals surface area contributed by atoms with Crippen molar-refractivity contribution in [3.8, 4) is 10.4 Å². The van der Waals surface area contributed by atoms with E-state index in [1.54, 1.807) is 43.5 Å². The van der Waals surface area contributed by atoms with Gasteiger partial charge in [0.1, 0.15) is 5.00 Å². The van der Waals surface area contributed by atoms with Crippen LogP contribution < -0.4 is 14.5 Å². The molecule has 8 nitrogen and oxygen atoms in total. The standard InChI is InChI=1S/C27H29N3O5S2/c1-5-35-27(34)23-17-24(20-10-7-6-8-11-20)37-26(23)28-25(33)14-15-29(18(2)31)21-12-9-13-22(16-21)30(36-4)19(3)32/h6-13,16-17H,5,14-15H2,1-4H3,(H,28,33). The topological polar surface area (TPSA) is 96.0 Å². The highest BCUT2D eigenvalue weighted by molar-refractivity contribution is 8.00. The number of nitrogens with one attached hydrogen (secondary N) is 1. The van der Waals surface area contributed by atoms with E-state index >= 15 is 0 Å². The molecule has 3 rings (SSSR count). The van der Waals surface area contributed by atoms with Crippen LogP contribution in [0.5, 0.6) is 0 Å². The van der Waals surface area contributed by atoms with E-state index < -0.39 is 5.97 Å². The molecule has 3 aromatic rings. The molecule has 37 heavy (non-hydrogen) atoms. The first kappa shape index (κ1) is 27.9. The predicted octanol–water partition coefficient (Wildman–Crippen LogP) is 5.60. The summed E-state index contributed by atoms with van der Waals surface area (Å²) >= 11 is 2.56. The van der Waals surface area contributed by atoms with Gasteiger partial charge >= 0.3 is 5.97 Å². The number of benzene rings is 2. The third-order valence-electron chi connectivity index (χ3n) is 5.33. The third-order valence-corrected chi connectivity index (χ3v) is 7.26. The molecule has 2 aromatic carbocycles. The number of rotatable bonds is 10. The number of carbonyl (C=O) groups is 4. The first-order valence-corrected chi connectivity index (χ1v) is 13.6. The van der Waals surface area contributed by atoms with Gasteiger partial charge in [0.05, 0.1) is 17.9 Å². The van der Waals surface area contributed by atoms with E-state index in [1.807, 2.05) is 30.3 Å². The Hall–Kier alpha value is -3.63. The van der Waals surface area contributed by atoms with Gasteiger partial charge in [0.15, 0.2) is 0 Å². The summed E-state index contributed by atoms with van der Waals surface area (Å²) in [6.45, 7) is 4.95. The van der Waals surface area contributed by atoms with Crippen LogP contribution in [0.25, 0.3) is 10.4 Å². The van der Waals surface area contributed by atoms with Gasteiger partial charge in [0.25, 0.3) is 0 Å². The first-order valence-electron chi connectivity index (χ1n) is 11.6. The van der Waals surface area contributed by atoms with E-state index in [0.717, 1.165) is 10.4 Å². The fourth-order valence-corrected chi connectivity index (χ4v) is 5.31. The van der Waals surface area contributed by atoms with Gasteiger partial charge in [-0.2, -0.15) is 0 Å². The Morgan fingerprint density at radius 1 is 0.946 bits per heavy atom. The number of amides is 3. The van der Waals surface area contributed by atoms with Crippen LogP contribution in [0.1, 0.15) is 37.6 Å². The number of ether oxygens (including phenoxy) is 1. The predicted molar refractivity (Wildman–Crippen MR) is 150 cm³/mol. The van der Waals surface area contributed by atoms with E-state index in [2.05, 4.69) is 5.32 Å². The summed E-state index contributed by atoms with van der Waals surface area (Å²) in [5.74, 6) is -1.23. The van der Waals surface area contributed by atoms with Gasteiger partial charge in [0.2, 0.25) is 17.7 Å². The molecule has 0 fully saturated rings. The van der Waals surface area contributed by atoms with Gasteiger partial charge in [-0.15, -0.1) is 11.3 Å². The molecule has 0 aliphatic heterocycles. The Bertz CT molecular complexity index is 1280. The SMILES string of the molecule is CCOC(=O)c1cc(-c2ccccc2)sc1NC(=O)CCN(C(C)=O)c1cccc(N(SC)C(C)=O)c1. The third kappa shape index (κ3) is 7.21. The number of hydrogen-bond acceptors (Lipinski definition) is 7. The van der Waals surface area contributed by atoms with Crippen molar-refractivity contribution < 1.29 is 23.9 Å². The van der Waals surface area contributed by atoms with Crippen molar-refractivity contribution in [1.29, 1.82) is 0 Å². The second-order valence-corrected chi connectivity index (χ2v) is 9.71. The van der Waals surface area contributed by atoms with Crippen molar-refractivity contribution in [3.05, 3.63) is 66.2 Å².